The average Bonchev–Trinajstić information content (AvgIpc) is 2.70. The number of rotatable bonds is 7. The van der Waals surface area contributed by atoms with Crippen molar-refractivity contribution in [3.05, 3.63) is 28.7 Å². The minimum Gasteiger partial charge on any atom is -0.305 e. The third-order valence-corrected chi connectivity index (χ3v) is 3.80. The zero-order valence-electron chi connectivity index (χ0n) is 10.5. The first-order chi connectivity index (χ1) is 7.67. The molecule has 1 N–H and O–H groups in total. The maximum Gasteiger partial charge on any atom is 0.109 e. The van der Waals surface area contributed by atoms with Gasteiger partial charge in [-0.2, -0.15) is 0 Å². The highest BCUT2D eigenvalue weighted by Crippen LogP contribution is 2.20. The molecule has 16 heavy (non-hydrogen) atoms. The van der Waals surface area contributed by atoms with Crippen LogP contribution in [-0.4, -0.2) is 11.0 Å². The minimum absolute atomic E-state index is 0.355. The highest BCUT2D eigenvalue weighted by atomic mass is 32.1. The second kappa shape index (κ2) is 6.81. The second-order valence-electron chi connectivity index (χ2n) is 4.17. The van der Waals surface area contributed by atoms with Crippen LogP contribution in [0.25, 0.3) is 0 Å². The summed E-state index contributed by atoms with van der Waals surface area (Å²) in [5, 5.41) is 4.82. The van der Waals surface area contributed by atoms with E-state index in [-0.39, 0.29) is 0 Å². The van der Waals surface area contributed by atoms with Gasteiger partial charge in [-0.15, -0.1) is 17.9 Å². The molecule has 0 amide bonds. The number of allylic oxidation sites excluding steroid dienone is 1. The summed E-state index contributed by atoms with van der Waals surface area (Å²) < 4.78 is 0. The fourth-order valence-electron chi connectivity index (χ4n) is 1.72. The van der Waals surface area contributed by atoms with Gasteiger partial charge >= 0.3 is 0 Å². The van der Waals surface area contributed by atoms with E-state index in [1.807, 2.05) is 12.3 Å². The van der Waals surface area contributed by atoms with E-state index in [4.69, 9.17) is 0 Å². The Morgan fingerprint density at radius 1 is 1.62 bits per heavy atom. The van der Waals surface area contributed by atoms with Gasteiger partial charge in [0, 0.05) is 17.1 Å². The molecular weight excluding hydrogens is 216 g/mol. The van der Waals surface area contributed by atoms with Crippen molar-refractivity contribution in [2.45, 2.75) is 52.1 Å². The van der Waals surface area contributed by atoms with Crippen molar-refractivity contribution in [2.75, 3.05) is 0 Å². The number of hydrogen-bond acceptors (Lipinski definition) is 3. The molecule has 2 unspecified atom stereocenters. The van der Waals surface area contributed by atoms with Gasteiger partial charge in [0.05, 0.1) is 6.04 Å². The van der Waals surface area contributed by atoms with E-state index in [1.54, 1.807) is 11.3 Å². The van der Waals surface area contributed by atoms with E-state index in [1.165, 1.54) is 9.88 Å². The second-order valence-corrected chi connectivity index (χ2v) is 5.44. The lowest BCUT2D eigenvalue weighted by atomic mass is 10.1. The predicted molar refractivity (Wildman–Crippen MR) is 71.9 cm³/mol. The van der Waals surface area contributed by atoms with Crippen LogP contribution in [-0.2, 0) is 0 Å². The Hall–Kier alpha value is -0.670. The summed E-state index contributed by atoms with van der Waals surface area (Å²) in [6.07, 6.45) is 7.33. The van der Waals surface area contributed by atoms with Crippen LogP contribution in [0.4, 0.5) is 0 Å². The summed E-state index contributed by atoms with van der Waals surface area (Å²) in [6, 6.07) is 0.922. The maximum absolute atomic E-state index is 4.42. The Balaban J connectivity index is 2.47. The van der Waals surface area contributed by atoms with Crippen molar-refractivity contribution in [1.29, 1.82) is 0 Å². The van der Waals surface area contributed by atoms with Crippen molar-refractivity contribution < 1.29 is 0 Å². The third kappa shape index (κ3) is 4.06. The number of nitrogens with one attached hydrogen (secondary N) is 1. The summed E-state index contributed by atoms with van der Waals surface area (Å²) in [5.74, 6) is 0. The first kappa shape index (κ1) is 13.4. The van der Waals surface area contributed by atoms with Crippen LogP contribution in [0.3, 0.4) is 0 Å². The number of aryl methyl sites for hydroxylation is 1. The van der Waals surface area contributed by atoms with E-state index in [0.717, 1.165) is 19.3 Å². The normalized spacial score (nSPS) is 14.7. The molecule has 2 nitrogen and oxygen atoms in total. The zero-order chi connectivity index (χ0) is 12.0. The molecule has 0 aliphatic carbocycles. The largest absolute Gasteiger partial charge is 0.305 e. The molecule has 0 saturated heterocycles. The molecular formula is C13H22N2S. The van der Waals surface area contributed by atoms with Gasteiger partial charge in [-0.3, -0.25) is 0 Å². The van der Waals surface area contributed by atoms with Crippen LogP contribution in [0.2, 0.25) is 0 Å². The van der Waals surface area contributed by atoms with Crippen LogP contribution in [0, 0.1) is 6.92 Å². The van der Waals surface area contributed by atoms with Crippen molar-refractivity contribution in [3.8, 4) is 0 Å². The van der Waals surface area contributed by atoms with Gasteiger partial charge in [0.25, 0.3) is 0 Å². The molecule has 0 aromatic carbocycles. The van der Waals surface area contributed by atoms with Gasteiger partial charge in [0.2, 0.25) is 0 Å². The highest BCUT2D eigenvalue weighted by Gasteiger charge is 2.13. The lowest BCUT2D eigenvalue weighted by Gasteiger charge is -2.20. The van der Waals surface area contributed by atoms with Crippen LogP contribution in [0.5, 0.6) is 0 Å². The van der Waals surface area contributed by atoms with E-state index in [2.05, 4.69) is 37.7 Å². The Kier molecular flexibility index (Phi) is 5.71. The smallest absolute Gasteiger partial charge is 0.109 e. The van der Waals surface area contributed by atoms with E-state index < -0.39 is 0 Å². The quantitative estimate of drug-likeness (QED) is 0.730. The van der Waals surface area contributed by atoms with Crippen molar-refractivity contribution in [1.82, 2.24) is 10.3 Å². The third-order valence-electron chi connectivity index (χ3n) is 2.71. The van der Waals surface area contributed by atoms with Crippen molar-refractivity contribution >= 4 is 11.3 Å². The Morgan fingerprint density at radius 3 is 2.88 bits per heavy atom. The van der Waals surface area contributed by atoms with Crippen LogP contribution in [0.1, 0.15) is 49.0 Å². The van der Waals surface area contributed by atoms with Gasteiger partial charge in [-0.1, -0.05) is 13.0 Å². The SMILES string of the molecule is C=CCCC(CC)NC(C)c1ncc(C)s1. The monoisotopic (exact) mass is 238 g/mol. The molecule has 3 heteroatoms. The van der Waals surface area contributed by atoms with Gasteiger partial charge in [0.15, 0.2) is 0 Å². The summed E-state index contributed by atoms with van der Waals surface area (Å²) in [4.78, 5) is 5.70. The Morgan fingerprint density at radius 2 is 2.38 bits per heavy atom. The van der Waals surface area contributed by atoms with Crippen molar-refractivity contribution in [3.63, 3.8) is 0 Å². The first-order valence-corrected chi connectivity index (χ1v) is 6.78. The minimum atomic E-state index is 0.355. The molecule has 1 aromatic rings. The van der Waals surface area contributed by atoms with Gasteiger partial charge in [-0.05, 0) is 33.1 Å². The fourth-order valence-corrected chi connectivity index (χ4v) is 2.51. The van der Waals surface area contributed by atoms with E-state index in [0.29, 0.717) is 12.1 Å². The van der Waals surface area contributed by atoms with Crippen LogP contribution < -0.4 is 5.32 Å². The van der Waals surface area contributed by atoms with E-state index in [9.17, 15) is 0 Å². The predicted octanol–water partition coefficient (Wildman–Crippen LogP) is 3.85. The number of thiazole rings is 1. The standard InChI is InChI=1S/C13H22N2S/c1-5-7-8-12(6-2)15-11(4)13-14-9-10(3)16-13/h5,9,11-12,15H,1,6-8H2,2-4H3. The molecule has 90 valence electrons. The molecule has 1 heterocycles. The first-order valence-electron chi connectivity index (χ1n) is 5.96. The Labute approximate surface area is 103 Å². The van der Waals surface area contributed by atoms with Crippen molar-refractivity contribution in [2.24, 2.45) is 0 Å². The average molecular weight is 238 g/mol. The molecule has 0 aliphatic heterocycles. The molecule has 0 aliphatic rings. The van der Waals surface area contributed by atoms with Gasteiger partial charge < -0.3 is 5.32 Å². The zero-order valence-corrected chi connectivity index (χ0v) is 11.3. The molecule has 0 saturated carbocycles. The molecule has 1 aromatic heterocycles. The molecule has 0 bridgehead atoms. The Bertz CT molecular complexity index is 319. The summed E-state index contributed by atoms with van der Waals surface area (Å²) >= 11 is 1.78. The number of nitrogens with zero attached hydrogens (tertiary/aromatic N) is 1. The van der Waals surface area contributed by atoms with Crippen LogP contribution >= 0.6 is 11.3 Å². The van der Waals surface area contributed by atoms with Gasteiger partial charge in [-0.25, -0.2) is 4.98 Å². The van der Waals surface area contributed by atoms with E-state index >= 15 is 0 Å². The number of aromatic nitrogens is 1. The van der Waals surface area contributed by atoms with Gasteiger partial charge in [0.1, 0.15) is 5.01 Å². The molecule has 0 spiro atoms. The summed E-state index contributed by atoms with van der Waals surface area (Å²) in [6.45, 7) is 10.3. The topological polar surface area (TPSA) is 24.9 Å². The highest BCUT2D eigenvalue weighted by molar-refractivity contribution is 7.11. The molecule has 2 atom stereocenters. The summed E-state index contributed by atoms with van der Waals surface area (Å²) in [7, 11) is 0. The lowest BCUT2D eigenvalue weighted by Crippen LogP contribution is -2.30. The lowest BCUT2D eigenvalue weighted by molar-refractivity contribution is 0.422. The molecule has 0 fully saturated rings. The number of hydrogen-bond donors (Lipinski definition) is 1. The summed E-state index contributed by atoms with van der Waals surface area (Å²) in [5.41, 5.74) is 0. The fraction of sp³-hybridized carbons (Fsp3) is 0.615. The maximum atomic E-state index is 4.42. The van der Waals surface area contributed by atoms with Crippen LogP contribution in [0.15, 0.2) is 18.9 Å². The molecule has 0 radical (unpaired) electrons. The molecule has 1 rings (SSSR count).